The van der Waals surface area contributed by atoms with E-state index >= 15 is 0 Å². The Balaban J connectivity index is 0. The maximum atomic E-state index is 10.3. The van der Waals surface area contributed by atoms with E-state index in [9.17, 15) is 4.79 Å². The fourth-order valence-corrected chi connectivity index (χ4v) is 2.65. The zero-order valence-corrected chi connectivity index (χ0v) is 15.4. The standard InChI is InChI=1S/C18H36O2.C2H4O/c1-2-3-4-5-6-7-8-9-10-11-12-13-14-15-16-17-18(19)20;1-2-3/h2-17H2,1H3,(H,19,20);2-3H,1H2. The van der Waals surface area contributed by atoms with Crippen LogP contribution in [0.5, 0.6) is 0 Å². The van der Waals surface area contributed by atoms with Gasteiger partial charge in [0.05, 0.1) is 6.26 Å². The summed E-state index contributed by atoms with van der Waals surface area (Å²) in [6, 6.07) is 0. The van der Waals surface area contributed by atoms with Crippen LogP contribution in [0.3, 0.4) is 0 Å². The maximum Gasteiger partial charge on any atom is 0.303 e. The third-order valence-electron chi connectivity index (χ3n) is 3.99. The lowest BCUT2D eigenvalue weighted by Gasteiger charge is -2.03. The van der Waals surface area contributed by atoms with Gasteiger partial charge in [-0.15, -0.1) is 0 Å². The van der Waals surface area contributed by atoms with Crippen LogP contribution < -0.4 is 0 Å². The smallest absolute Gasteiger partial charge is 0.303 e. The molecule has 0 rings (SSSR count). The largest absolute Gasteiger partial charge is 0.516 e. The molecule has 0 bridgehead atoms. The second-order valence-electron chi connectivity index (χ2n) is 6.28. The summed E-state index contributed by atoms with van der Waals surface area (Å²) < 4.78 is 0. The van der Waals surface area contributed by atoms with E-state index in [4.69, 9.17) is 10.2 Å². The highest BCUT2D eigenvalue weighted by molar-refractivity contribution is 5.66. The van der Waals surface area contributed by atoms with Gasteiger partial charge in [0.2, 0.25) is 0 Å². The van der Waals surface area contributed by atoms with Gasteiger partial charge in [0.15, 0.2) is 0 Å². The molecule has 138 valence electrons. The number of aliphatic hydroxyl groups excluding tert-OH is 1. The Bertz CT molecular complexity index is 239. The van der Waals surface area contributed by atoms with Crippen molar-refractivity contribution in [2.24, 2.45) is 0 Å². The average Bonchev–Trinajstić information content (AvgIpc) is 2.51. The van der Waals surface area contributed by atoms with Gasteiger partial charge in [0.1, 0.15) is 0 Å². The van der Waals surface area contributed by atoms with Crippen LogP contribution in [0, 0.1) is 0 Å². The number of carboxylic acid groups (broad SMARTS) is 1. The third-order valence-corrected chi connectivity index (χ3v) is 3.99. The van der Waals surface area contributed by atoms with E-state index in [1.54, 1.807) is 0 Å². The Labute approximate surface area is 144 Å². The van der Waals surface area contributed by atoms with Gasteiger partial charge in [0.25, 0.3) is 0 Å². The van der Waals surface area contributed by atoms with Crippen LogP contribution in [0.25, 0.3) is 0 Å². The molecule has 0 aromatic carbocycles. The van der Waals surface area contributed by atoms with Gasteiger partial charge in [-0.05, 0) is 6.42 Å². The molecule has 0 aliphatic heterocycles. The lowest BCUT2D eigenvalue weighted by Crippen LogP contribution is -1.93. The normalized spacial score (nSPS) is 9.96. The highest BCUT2D eigenvalue weighted by Crippen LogP contribution is 2.13. The minimum atomic E-state index is -0.653. The van der Waals surface area contributed by atoms with E-state index in [1.165, 1.54) is 83.5 Å². The van der Waals surface area contributed by atoms with E-state index in [2.05, 4.69) is 13.5 Å². The van der Waals surface area contributed by atoms with Crippen molar-refractivity contribution < 1.29 is 15.0 Å². The van der Waals surface area contributed by atoms with Gasteiger partial charge in [-0.3, -0.25) is 4.79 Å². The second-order valence-corrected chi connectivity index (χ2v) is 6.28. The number of hydrogen-bond acceptors (Lipinski definition) is 2. The molecule has 0 amide bonds. The summed E-state index contributed by atoms with van der Waals surface area (Å²) in [4.78, 5) is 10.3. The first-order valence-corrected chi connectivity index (χ1v) is 9.65. The van der Waals surface area contributed by atoms with E-state index < -0.39 is 5.97 Å². The molecule has 0 aliphatic rings. The third kappa shape index (κ3) is 29.6. The van der Waals surface area contributed by atoms with Crippen LogP contribution in [0.2, 0.25) is 0 Å². The minimum Gasteiger partial charge on any atom is -0.516 e. The first-order valence-electron chi connectivity index (χ1n) is 9.65. The molecule has 0 aliphatic carbocycles. The van der Waals surface area contributed by atoms with Crippen LogP contribution in [-0.4, -0.2) is 16.2 Å². The van der Waals surface area contributed by atoms with Crippen molar-refractivity contribution in [2.45, 2.75) is 110 Å². The summed E-state index contributed by atoms with van der Waals surface area (Å²) in [7, 11) is 0. The van der Waals surface area contributed by atoms with Gasteiger partial charge >= 0.3 is 5.97 Å². The summed E-state index contributed by atoms with van der Waals surface area (Å²) in [6.07, 6.45) is 20.9. The summed E-state index contributed by atoms with van der Waals surface area (Å²) in [5, 5.41) is 15.9. The first-order chi connectivity index (χ1) is 11.2. The molecule has 3 heteroatoms. The van der Waals surface area contributed by atoms with Gasteiger partial charge in [-0.25, -0.2) is 0 Å². The van der Waals surface area contributed by atoms with Crippen molar-refractivity contribution in [1.29, 1.82) is 0 Å². The molecule has 0 aromatic heterocycles. The fraction of sp³-hybridized carbons (Fsp3) is 0.850. The van der Waals surface area contributed by atoms with Gasteiger partial charge < -0.3 is 10.2 Å². The van der Waals surface area contributed by atoms with Crippen molar-refractivity contribution in [3.05, 3.63) is 12.8 Å². The highest BCUT2D eigenvalue weighted by atomic mass is 16.4. The minimum absolute atomic E-state index is 0.345. The summed E-state index contributed by atoms with van der Waals surface area (Å²) in [5.74, 6) is -0.653. The molecule has 0 spiro atoms. The zero-order valence-electron chi connectivity index (χ0n) is 15.4. The molecular formula is C20H40O3. The molecule has 3 nitrogen and oxygen atoms in total. The second kappa shape index (κ2) is 23.3. The summed E-state index contributed by atoms with van der Waals surface area (Å²) in [5.41, 5.74) is 0. The quantitative estimate of drug-likeness (QED) is 0.236. The summed E-state index contributed by atoms with van der Waals surface area (Å²) in [6.45, 7) is 5.19. The van der Waals surface area contributed by atoms with Gasteiger partial charge in [0, 0.05) is 6.42 Å². The Hall–Kier alpha value is -0.990. The molecule has 0 saturated heterocycles. The van der Waals surface area contributed by atoms with Gasteiger partial charge in [-0.2, -0.15) is 0 Å². The van der Waals surface area contributed by atoms with Crippen molar-refractivity contribution in [2.75, 3.05) is 0 Å². The molecule has 0 saturated carbocycles. The van der Waals surface area contributed by atoms with Crippen molar-refractivity contribution >= 4 is 5.97 Å². The SMILES string of the molecule is C=CO.CCCCCCCCCCCCCCCCCC(=O)O. The van der Waals surface area contributed by atoms with Crippen molar-refractivity contribution in [1.82, 2.24) is 0 Å². The van der Waals surface area contributed by atoms with Crippen LogP contribution in [0.4, 0.5) is 0 Å². The molecular weight excluding hydrogens is 288 g/mol. The van der Waals surface area contributed by atoms with E-state index in [0.717, 1.165) is 19.1 Å². The van der Waals surface area contributed by atoms with Crippen LogP contribution in [0.15, 0.2) is 12.8 Å². The van der Waals surface area contributed by atoms with E-state index in [1.807, 2.05) is 0 Å². The number of aliphatic hydroxyl groups is 1. The lowest BCUT2D eigenvalue weighted by molar-refractivity contribution is -0.137. The number of unbranched alkanes of at least 4 members (excludes halogenated alkanes) is 14. The number of carboxylic acids is 1. The monoisotopic (exact) mass is 328 g/mol. The van der Waals surface area contributed by atoms with E-state index in [-0.39, 0.29) is 0 Å². The Kier molecular flexibility index (Phi) is 24.6. The molecule has 2 N–H and O–H groups in total. The Morgan fingerprint density at radius 1 is 0.739 bits per heavy atom. The average molecular weight is 329 g/mol. The molecule has 0 fully saturated rings. The van der Waals surface area contributed by atoms with Gasteiger partial charge in [-0.1, -0.05) is 103 Å². The molecule has 23 heavy (non-hydrogen) atoms. The maximum absolute atomic E-state index is 10.3. The highest BCUT2D eigenvalue weighted by Gasteiger charge is 1.97. The summed E-state index contributed by atoms with van der Waals surface area (Å²) >= 11 is 0. The molecule has 0 unspecified atom stereocenters. The predicted molar refractivity (Wildman–Crippen MR) is 100 cm³/mol. The van der Waals surface area contributed by atoms with E-state index in [0.29, 0.717) is 6.42 Å². The number of carbonyl (C=O) groups is 1. The van der Waals surface area contributed by atoms with Crippen LogP contribution in [0.1, 0.15) is 110 Å². The fourth-order valence-electron chi connectivity index (χ4n) is 2.65. The predicted octanol–water partition coefficient (Wildman–Crippen LogP) is 7.02. The van der Waals surface area contributed by atoms with Crippen molar-refractivity contribution in [3.8, 4) is 0 Å². The van der Waals surface area contributed by atoms with Crippen molar-refractivity contribution in [3.63, 3.8) is 0 Å². The number of hydrogen-bond donors (Lipinski definition) is 2. The number of aliphatic carboxylic acids is 1. The van der Waals surface area contributed by atoms with Crippen LogP contribution >= 0.6 is 0 Å². The zero-order chi connectivity index (χ0) is 17.6. The lowest BCUT2D eigenvalue weighted by atomic mass is 10.0. The Morgan fingerprint density at radius 2 is 1.00 bits per heavy atom. The van der Waals surface area contributed by atoms with Crippen LogP contribution in [-0.2, 0) is 4.79 Å². The topological polar surface area (TPSA) is 57.5 Å². The molecule has 0 aromatic rings. The number of rotatable bonds is 16. The molecule has 0 heterocycles. The Morgan fingerprint density at radius 3 is 1.26 bits per heavy atom. The molecule has 0 atom stereocenters. The first kappa shape index (κ1) is 24.3. The molecule has 0 radical (unpaired) electrons.